The lowest BCUT2D eigenvalue weighted by Gasteiger charge is -2.30. The number of piperidine rings is 1. The van der Waals surface area contributed by atoms with Crippen molar-refractivity contribution in [2.45, 2.75) is 39.0 Å². The van der Waals surface area contributed by atoms with Gasteiger partial charge in [-0.3, -0.25) is 4.98 Å². The summed E-state index contributed by atoms with van der Waals surface area (Å²) in [6.07, 6.45) is 8.09. The van der Waals surface area contributed by atoms with Gasteiger partial charge < -0.3 is 4.90 Å². The third-order valence-corrected chi connectivity index (χ3v) is 5.31. The number of nitrogens with zero attached hydrogens (tertiary/aromatic N) is 2. The predicted octanol–water partition coefficient (Wildman–Crippen LogP) is 5.74. The maximum atomic E-state index is 4.68. The number of rotatable bonds is 4. The van der Waals surface area contributed by atoms with E-state index in [0.717, 1.165) is 12.8 Å². The minimum atomic E-state index is 0. The summed E-state index contributed by atoms with van der Waals surface area (Å²) in [4.78, 5) is 7.23. The Balaban J connectivity index is 0.00000196. The van der Waals surface area contributed by atoms with E-state index in [1.165, 1.54) is 65.6 Å². The minimum absolute atomic E-state index is 0. The fraction of sp³-hybridized carbons (Fsp3) is 0.348. The van der Waals surface area contributed by atoms with E-state index in [9.17, 15) is 0 Å². The number of aryl methyl sites for hydroxylation is 3. The molecule has 0 saturated carbocycles. The first-order valence-electron chi connectivity index (χ1n) is 9.48. The zero-order valence-electron chi connectivity index (χ0n) is 15.4. The third kappa shape index (κ3) is 4.19. The fourth-order valence-corrected chi connectivity index (χ4v) is 3.83. The lowest BCUT2D eigenvalue weighted by Crippen LogP contribution is -2.30. The van der Waals surface area contributed by atoms with E-state index in [2.05, 4.69) is 71.5 Å². The summed E-state index contributed by atoms with van der Waals surface area (Å²) in [6.45, 7) is 4.56. The molecule has 0 atom stereocenters. The van der Waals surface area contributed by atoms with Crippen LogP contribution in [0.15, 0.2) is 54.7 Å². The van der Waals surface area contributed by atoms with E-state index < -0.39 is 0 Å². The maximum absolute atomic E-state index is 4.68. The lowest BCUT2D eigenvalue weighted by molar-refractivity contribution is 0.576. The molecule has 3 aromatic rings. The van der Waals surface area contributed by atoms with Crippen molar-refractivity contribution in [3.8, 4) is 0 Å². The highest BCUT2D eigenvalue weighted by molar-refractivity contribution is 5.85. The molecule has 0 radical (unpaired) electrons. The van der Waals surface area contributed by atoms with E-state index in [4.69, 9.17) is 0 Å². The second-order valence-electron chi connectivity index (χ2n) is 7.19. The Morgan fingerprint density at radius 2 is 1.65 bits per heavy atom. The van der Waals surface area contributed by atoms with Crippen LogP contribution in [0.5, 0.6) is 0 Å². The van der Waals surface area contributed by atoms with Gasteiger partial charge in [-0.15, -0.1) is 12.4 Å². The van der Waals surface area contributed by atoms with Crippen molar-refractivity contribution in [2.24, 2.45) is 0 Å². The summed E-state index contributed by atoms with van der Waals surface area (Å²) in [5.41, 5.74) is 5.29. The van der Waals surface area contributed by atoms with Crippen molar-refractivity contribution >= 4 is 28.9 Å². The maximum Gasteiger partial charge on any atom is 0.0429 e. The summed E-state index contributed by atoms with van der Waals surface area (Å²) < 4.78 is 0. The Morgan fingerprint density at radius 1 is 0.885 bits per heavy atom. The Kier molecular flexibility index (Phi) is 6.16. The molecule has 3 heteroatoms. The van der Waals surface area contributed by atoms with Gasteiger partial charge in [0, 0.05) is 30.7 Å². The van der Waals surface area contributed by atoms with E-state index in [1.807, 2.05) is 0 Å². The number of halogens is 1. The van der Waals surface area contributed by atoms with Crippen molar-refractivity contribution in [3.05, 3.63) is 71.5 Å². The molecule has 1 saturated heterocycles. The largest absolute Gasteiger partial charge is 0.371 e. The molecule has 1 fully saturated rings. The summed E-state index contributed by atoms with van der Waals surface area (Å²) in [5, 5.41) is 2.64. The van der Waals surface area contributed by atoms with E-state index in [-0.39, 0.29) is 12.4 Å². The van der Waals surface area contributed by atoms with E-state index >= 15 is 0 Å². The van der Waals surface area contributed by atoms with Gasteiger partial charge in [-0.05, 0) is 67.0 Å². The zero-order chi connectivity index (χ0) is 17.1. The Hall–Kier alpha value is -2.06. The van der Waals surface area contributed by atoms with Gasteiger partial charge in [-0.25, -0.2) is 0 Å². The van der Waals surface area contributed by atoms with Gasteiger partial charge in [-0.1, -0.05) is 42.5 Å². The van der Waals surface area contributed by atoms with E-state index in [1.54, 1.807) is 0 Å². The number of benzene rings is 2. The first kappa shape index (κ1) is 18.7. The molecular formula is C23H27ClN2. The topological polar surface area (TPSA) is 16.1 Å². The number of hydrogen-bond donors (Lipinski definition) is 0. The molecule has 136 valence electrons. The van der Waals surface area contributed by atoms with Gasteiger partial charge in [0.25, 0.3) is 0 Å². The number of fused-ring (bicyclic) bond motifs is 1. The normalized spacial score (nSPS) is 14.3. The van der Waals surface area contributed by atoms with Crippen LogP contribution in [0, 0.1) is 6.92 Å². The van der Waals surface area contributed by atoms with Gasteiger partial charge in [0.2, 0.25) is 0 Å². The van der Waals surface area contributed by atoms with Gasteiger partial charge in [-0.2, -0.15) is 0 Å². The number of anilines is 1. The first-order chi connectivity index (χ1) is 12.3. The van der Waals surface area contributed by atoms with Crippen molar-refractivity contribution in [3.63, 3.8) is 0 Å². The first-order valence-corrected chi connectivity index (χ1v) is 9.48. The molecule has 1 aliphatic rings. The Bertz CT molecular complexity index is 869. The molecule has 2 nitrogen and oxygen atoms in total. The molecule has 0 N–H and O–H groups in total. The predicted molar refractivity (Wildman–Crippen MR) is 114 cm³/mol. The van der Waals surface area contributed by atoms with Crippen molar-refractivity contribution < 1.29 is 0 Å². The smallest absolute Gasteiger partial charge is 0.0429 e. The van der Waals surface area contributed by atoms with Gasteiger partial charge in [0.05, 0.1) is 0 Å². The van der Waals surface area contributed by atoms with Crippen molar-refractivity contribution in [2.75, 3.05) is 18.0 Å². The van der Waals surface area contributed by atoms with Crippen LogP contribution in [0.4, 0.5) is 5.69 Å². The highest BCUT2D eigenvalue weighted by Crippen LogP contribution is 2.25. The van der Waals surface area contributed by atoms with Crippen LogP contribution in [0.1, 0.15) is 36.1 Å². The fourth-order valence-electron chi connectivity index (χ4n) is 3.83. The highest BCUT2D eigenvalue weighted by atomic mass is 35.5. The molecule has 2 aromatic carbocycles. The van der Waals surface area contributed by atoms with Crippen LogP contribution in [-0.4, -0.2) is 18.1 Å². The third-order valence-electron chi connectivity index (χ3n) is 5.31. The quantitative estimate of drug-likeness (QED) is 0.585. The molecule has 1 aromatic heterocycles. The zero-order valence-corrected chi connectivity index (χ0v) is 16.3. The number of pyridine rings is 1. The van der Waals surface area contributed by atoms with Gasteiger partial charge in [0.15, 0.2) is 0 Å². The summed E-state index contributed by atoms with van der Waals surface area (Å²) in [6, 6.07) is 17.7. The summed E-state index contributed by atoms with van der Waals surface area (Å²) in [7, 11) is 0. The lowest BCUT2D eigenvalue weighted by atomic mass is 10.0. The number of hydrogen-bond acceptors (Lipinski definition) is 2. The van der Waals surface area contributed by atoms with Crippen LogP contribution >= 0.6 is 12.4 Å². The van der Waals surface area contributed by atoms with Crippen LogP contribution in [0.25, 0.3) is 10.8 Å². The molecule has 0 spiro atoms. The molecule has 26 heavy (non-hydrogen) atoms. The highest BCUT2D eigenvalue weighted by Gasteiger charge is 2.14. The average molecular weight is 367 g/mol. The van der Waals surface area contributed by atoms with Crippen LogP contribution in [-0.2, 0) is 12.8 Å². The monoisotopic (exact) mass is 366 g/mol. The summed E-state index contributed by atoms with van der Waals surface area (Å²) >= 11 is 0. The van der Waals surface area contributed by atoms with Crippen molar-refractivity contribution in [1.29, 1.82) is 0 Å². The van der Waals surface area contributed by atoms with Crippen molar-refractivity contribution in [1.82, 2.24) is 4.98 Å². The van der Waals surface area contributed by atoms with Crippen LogP contribution in [0.3, 0.4) is 0 Å². The molecule has 2 heterocycles. The molecule has 0 unspecified atom stereocenters. The van der Waals surface area contributed by atoms with Crippen LogP contribution in [0.2, 0.25) is 0 Å². The van der Waals surface area contributed by atoms with Gasteiger partial charge >= 0.3 is 0 Å². The summed E-state index contributed by atoms with van der Waals surface area (Å²) in [5.74, 6) is 0. The van der Waals surface area contributed by atoms with Gasteiger partial charge in [0.1, 0.15) is 0 Å². The molecule has 0 amide bonds. The second-order valence-corrected chi connectivity index (χ2v) is 7.19. The Morgan fingerprint density at radius 3 is 2.46 bits per heavy atom. The molecule has 0 bridgehead atoms. The van der Waals surface area contributed by atoms with E-state index in [0.29, 0.717) is 0 Å². The molecule has 4 rings (SSSR count). The minimum Gasteiger partial charge on any atom is -0.371 e. The number of aromatic nitrogens is 1. The average Bonchev–Trinajstić information content (AvgIpc) is 2.68. The molecular weight excluding hydrogens is 340 g/mol. The van der Waals surface area contributed by atoms with Crippen LogP contribution < -0.4 is 4.90 Å². The standard InChI is InChI=1S/C23H26N2.ClH/c1-18-17-24-22(16-23(18)25-13-5-2-6-14-25)12-10-19-9-11-20-7-3-4-8-21(20)15-19;/h3-4,7-9,11,15-17H,2,5-6,10,12-14H2,1H3;1H. The SMILES string of the molecule is Cc1cnc(CCc2ccc3ccccc3c2)cc1N1CCCCC1.Cl. The molecule has 0 aliphatic carbocycles. The second kappa shape index (κ2) is 8.55. The Labute approximate surface area is 162 Å². The molecule has 1 aliphatic heterocycles.